The fourth-order valence-electron chi connectivity index (χ4n) is 2.92. The number of anilines is 2. The van der Waals surface area contributed by atoms with Crippen LogP contribution < -0.4 is 10.6 Å². The van der Waals surface area contributed by atoms with E-state index in [1.807, 2.05) is 33.8 Å². The lowest BCUT2D eigenvalue weighted by Crippen LogP contribution is -2.17. The van der Waals surface area contributed by atoms with Gasteiger partial charge in [0, 0.05) is 34.7 Å². The molecule has 0 radical (unpaired) electrons. The Morgan fingerprint density at radius 2 is 1.44 bits per heavy atom. The van der Waals surface area contributed by atoms with Crippen LogP contribution in [-0.4, -0.2) is 16.4 Å². The second kappa shape index (κ2) is 7.55. The first-order valence-corrected chi connectivity index (χ1v) is 8.61. The van der Waals surface area contributed by atoms with Gasteiger partial charge in [0.25, 0.3) is 5.91 Å². The summed E-state index contributed by atoms with van der Waals surface area (Å²) in [6, 6.07) is 9.37. The van der Waals surface area contributed by atoms with Crippen LogP contribution in [0, 0.1) is 19.8 Å². The molecule has 2 rings (SSSR count). The van der Waals surface area contributed by atoms with E-state index < -0.39 is 0 Å². The van der Waals surface area contributed by atoms with Gasteiger partial charge in [-0.25, -0.2) is 0 Å². The Bertz CT molecular complexity index is 771. The molecule has 0 saturated heterocycles. The second-order valence-corrected chi connectivity index (χ2v) is 6.92. The highest BCUT2D eigenvalue weighted by Crippen LogP contribution is 2.22. The molecule has 2 aromatic rings. The Balaban J connectivity index is 2.11. The topological polar surface area (TPSA) is 63.1 Å². The molecule has 5 heteroatoms. The average Bonchev–Trinajstić information content (AvgIpc) is 2.84. The molecule has 0 aliphatic rings. The molecule has 1 aromatic carbocycles. The number of amides is 2. The zero-order valence-electron chi connectivity index (χ0n) is 15.8. The van der Waals surface area contributed by atoms with Gasteiger partial charge in [0.2, 0.25) is 5.91 Å². The maximum Gasteiger partial charge on any atom is 0.257 e. The van der Waals surface area contributed by atoms with Crippen LogP contribution in [0.15, 0.2) is 30.3 Å². The van der Waals surface area contributed by atoms with Gasteiger partial charge in [0.15, 0.2) is 0 Å². The fraction of sp³-hybridized carbons (Fsp3) is 0.400. The number of benzene rings is 1. The third-order valence-electron chi connectivity index (χ3n) is 4.18. The molecule has 5 nitrogen and oxygen atoms in total. The summed E-state index contributed by atoms with van der Waals surface area (Å²) in [5.74, 6) is -0.229. The van der Waals surface area contributed by atoms with Gasteiger partial charge in [-0.1, -0.05) is 13.8 Å². The number of aryl methyl sites for hydroxylation is 1. The summed E-state index contributed by atoms with van der Waals surface area (Å²) >= 11 is 0. The summed E-state index contributed by atoms with van der Waals surface area (Å²) in [7, 11) is 0. The molecule has 2 amide bonds. The van der Waals surface area contributed by atoms with E-state index >= 15 is 0 Å². The Hall–Kier alpha value is -2.56. The van der Waals surface area contributed by atoms with Crippen molar-refractivity contribution >= 4 is 23.2 Å². The molecule has 0 unspecified atom stereocenters. The number of carbonyl (C=O) groups is 2. The molecule has 2 N–H and O–H groups in total. The van der Waals surface area contributed by atoms with Crippen molar-refractivity contribution in [2.24, 2.45) is 5.92 Å². The highest BCUT2D eigenvalue weighted by molar-refractivity contribution is 6.05. The van der Waals surface area contributed by atoms with Crippen LogP contribution in [0.5, 0.6) is 0 Å². The molecule has 0 aliphatic heterocycles. The lowest BCUT2D eigenvalue weighted by Gasteiger charge is -2.13. The molecular weight excluding hydrogens is 314 g/mol. The van der Waals surface area contributed by atoms with Crippen LogP contribution in [0.25, 0.3) is 0 Å². The van der Waals surface area contributed by atoms with E-state index in [-0.39, 0.29) is 17.7 Å². The van der Waals surface area contributed by atoms with Crippen molar-refractivity contribution < 1.29 is 9.59 Å². The number of rotatable bonds is 5. The van der Waals surface area contributed by atoms with E-state index in [1.54, 1.807) is 24.3 Å². The van der Waals surface area contributed by atoms with Crippen molar-refractivity contribution in [1.29, 1.82) is 0 Å². The van der Waals surface area contributed by atoms with E-state index in [9.17, 15) is 9.59 Å². The normalized spacial score (nSPS) is 11.0. The number of aromatic nitrogens is 1. The maximum atomic E-state index is 12.6. The van der Waals surface area contributed by atoms with E-state index in [0.29, 0.717) is 17.3 Å². The molecule has 0 saturated carbocycles. The molecule has 1 heterocycles. The lowest BCUT2D eigenvalue weighted by atomic mass is 10.2. The van der Waals surface area contributed by atoms with Gasteiger partial charge in [-0.2, -0.15) is 0 Å². The first-order valence-electron chi connectivity index (χ1n) is 8.61. The smallest absolute Gasteiger partial charge is 0.257 e. The van der Waals surface area contributed by atoms with E-state index in [2.05, 4.69) is 29.0 Å². The van der Waals surface area contributed by atoms with Crippen LogP contribution in [0.1, 0.15) is 55.5 Å². The third-order valence-corrected chi connectivity index (χ3v) is 4.18. The van der Waals surface area contributed by atoms with Gasteiger partial charge in [-0.05, 0) is 58.0 Å². The SMILES string of the molecule is Cc1cc(C(=O)Nc2ccc(NC(=O)C(C)C)cc2)c(C)n1C(C)C. The molecule has 0 bridgehead atoms. The summed E-state index contributed by atoms with van der Waals surface area (Å²) in [6.45, 7) is 11.9. The van der Waals surface area contributed by atoms with Crippen LogP contribution in [0.3, 0.4) is 0 Å². The minimum Gasteiger partial charge on any atom is -0.346 e. The van der Waals surface area contributed by atoms with Crippen LogP contribution in [0.2, 0.25) is 0 Å². The van der Waals surface area contributed by atoms with Crippen molar-refractivity contribution in [3.05, 3.63) is 47.3 Å². The van der Waals surface area contributed by atoms with Gasteiger partial charge in [0.1, 0.15) is 0 Å². The van der Waals surface area contributed by atoms with E-state index in [4.69, 9.17) is 0 Å². The van der Waals surface area contributed by atoms with Crippen molar-refractivity contribution in [2.75, 3.05) is 10.6 Å². The highest BCUT2D eigenvalue weighted by Gasteiger charge is 2.17. The Kier molecular flexibility index (Phi) is 5.67. The van der Waals surface area contributed by atoms with Crippen molar-refractivity contribution in [3.63, 3.8) is 0 Å². The minimum atomic E-state index is -0.126. The summed E-state index contributed by atoms with van der Waals surface area (Å²) in [6.07, 6.45) is 0. The molecule has 0 fully saturated rings. The summed E-state index contributed by atoms with van der Waals surface area (Å²) in [5.41, 5.74) is 4.13. The number of carbonyl (C=O) groups excluding carboxylic acids is 2. The molecule has 134 valence electrons. The van der Waals surface area contributed by atoms with Crippen molar-refractivity contribution in [1.82, 2.24) is 4.57 Å². The van der Waals surface area contributed by atoms with Gasteiger partial charge < -0.3 is 15.2 Å². The predicted molar refractivity (Wildman–Crippen MR) is 102 cm³/mol. The Morgan fingerprint density at radius 3 is 1.88 bits per heavy atom. The molecule has 0 atom stereocenters. The monoisotopic (exact) mass is 341 g/mol. The van der Waals surface area contributed by atoms with E-state index in [1.165, 1.54) is 0 Å². The van der Waals surface area contributed by atoms with Gasteiger partial charge in [-0.15, -0.1) is 0 Å². The molecule has 0 aliphatic carbocycles. The largest absolute Gasteiger partial charge is 0.346 e. The Labute approximate surface area is 149 Å². The number of hydrogen-bond donors (Lipinski definition) is 2. The number of hydrogen-bond acceptors (Lipinski definition) is 2. The maximum absolute atomic E-state index is 12.6. The van der Waals surface area contributed by atoms with E-state index in [0.717, 1.165) is 17.1 Å². The molecule has 0 spiro atoms. The molecule has 1 aromatic heterocycles. The molecular formula is C20H27N3O2. The van der Waals surface area contributed by atoms with Crippen LogP contribution in [0.4, 0.5) is 11.4 Å². The van der Waals surface area contributed by atoms with Crippen LogP contribution >= 0.6 is 0 Å². The standard InChI is InChI=1S/C20H27N3O2/c1-12(2)19(24)21-16-7-9-17(10-8-16)22-20(25)18-11-14(5)23(13(3)4)15(18)6/h7-13H,1-6H3,(H,21,24)(H,22,25). The van der Waals surface area contributed by atoms with Gasteiger partial charge in [0.05, 0.1) is 5.56 Å². The van der Waals surface area contributed by atoms with Crippen molar-refractivity contribution in [2.45, 2.75) is 47.6 Å². The van der Waals surface area contributed by atoms with Gasteiger partial charge in [-0.3, -0.25) is 9.59 Å². The van der Waals surface area contributed by atoms with Crippen LogP contribution in [-0.2, 0) is 4.79 Å². The summed E-state index contributed by atoms with van der Waals surface area (Å²) in [5, 5.41) is 5.75. The fourth-order valence-corrected chi connectivity index (χ4v) is 2.92. The first-order chi connectivity index (χ1) is 11.7. The number of nitrogens with one attached hydrogen (secondary N) is 2. The average molecular weight is 341 g/mol. The second-order valence-electron chi connectivity index (χ2n) is 6.92. The third kappa shape index (κ3) is 4.29. The zero-order valence-corrected chi connectivity index (χ0v) is 15.8. The Morgan fingerprint density at radius 1 is 0.920 bits per heavy atom. The predicted octanol–water partition coefficient (Wildman–Crippen LogP) is 4.53. The first kappa shape index (κ1) is 18.8. The quantitative estimate of drug-likeness (QED) is 0.839. The van der Waals surface area contributed by atoms with Crippen molar-refractivity contribution in [3.8, 4) is 0 Å². The highest BCUT2D eigenvalue weighted by atomic mass is 16.2. The lowest BCUT2D eigenvalue weighted by molar-refractivity contribution is -0.118. The number of nitrogens with zero attached hydrogens (tertiary/aromatic N) is 1. The zero-order chi connectivity index (χ0) is 18.7. The summed E-state index contributed by atoms with van der Waals surface area (Å²) in [4.78, 5) is 24.3. The molecule has 25 heavy (non-hydrogen) atoms. The minimum absolute atomic E-state index is 0.0297. The summed E-state index contributed by atoms with van der Waals surface area (Å²) < 4.78 is 2.15. The van der Waals surface area contributed by atoms with Gasteiger partial charge >= 0.3 is 0 Å².